The number of hydrogen-bond acceptors (Lipinski definition) is 2. The van der Waals surface area contributed by atoms with Crippen LogP contribution in [0.5, 0.6) is 0 Å². The molecule has 1 saturated heterocycles. The van der Waals surface area contributed by atoms with Crippen LogP contribution < -0.4 is 5.46 Å². The lowest BCUT2D eigenvalue weighted by molar-refractivity contribution is 0.173. The molecule has 67 heavy (non-hydrogen) atoms. The van der Waals surface area contributed by atoms with Crippen molar-refractivity contribution in [2.75, 3.05) is 0 Å². The molecule has 3 heteroatoms. The van der Waals surface area contributed by atoms with Crippen molar-refractivity contribution in [1.29, 1.82) is 0 Å². The zero-order valence-corrected chi connectivity index (χ0v) is 42.0. The Labute approximate surface area is 403 Å². The lowest BCUT2D eigenvalue weighted by Gasteiger charge is -2.33. The second kappa shape index (κ2) is 17.8. The molecule has 6 aromatic rings. The fourth-order valence-electron chi connectivity index (χ4n) is 12.7. The lowest BCUT2D eigenvalue weighted by Crippen LogP contribution is -2.35. The maximum Gasteiger partial charge on any atom is 0.563 e. The molecule has 1 aliphatic heterocycles. The first-order valence-electron chi connectivity index (χ1n) is 26.2. The molecule has 0 N–H and O–H groups in total. The van der Waals surface area contributed by atoms with Crippen LogP contribution in [0.1, 0.15) is 179 Å². The van der Waals surface area contributed by atoms with Crippen LogP contribution in [0.25, 0.3) is 55.6 Å². The first kappa shape index (κ1) is 45.7. The molecule has 0 unspecified atom stereocenters. The van der Waals surface area contributed by atoms with E-state index < -0.39 is 12.7 Å². The fraction of sp³-hybridized carbons (Fsp3) is 0.406. The molecule has 1 fully saturated rings. The minimum absolute atomic E-state index is 0.0748. The molecule has 0 bridgehead atoms. The fourth-order valence-corrected chi connectivity index (χ4v) is 12.7. The number of fused-ring (bicyclic) bond motifs is 9. The summed E-state index contributed by atoms with van der Waals surface area (Å²) in [5, 5.41) is 0. The van der Waals surface area contributed by atoms with Gasteiger partial charge in [0, 0.05) is 16.2 Å². The highest BCUT2D eigenvalue weighted by Gasteiger charge is 2.45. The summed E-state index contributed by atoms with van der Waals surface area (Å²) in [7, 11) is -0.442. The van der Waals surface area contributed by atoms with Crippen molar-refractivity contribution in [2.24, 2.45) is 0 Å². The molecule has 2 nitrogen and oxygen atoms in total. The third-order valence-corrected chi connectivity index (χ3v) is 16.8. The summed E-state index contributed by atoms with van der Waals surface area (Å²) >= 11 is 0. The van der Waals surface area contributed by atoms with Crippen molar-refractivity contribution in [3.05, 3.63) is 161 Å². The van der Waals surface area contributed by atoms with Crippen LogP contribution >= 0.6 is 0 Å². The first-order valence-corrected chi connectivity index (χ1v) is 26.2. The summed E-state index contributed by atoms with van der Waals surface area (Å²) in [5.41, 5.74) is 22.4. The first-order chi connectivity index (χ1) is 32.3. The zero-order chi connectivity index (χ0) is 46.7. The number of hydrogen-bond donors (Lipinski definition) is 0. The minimum atomic E-state index is -0.506. The van der Waals surface area contributed by atoms with E-state index in [2.05, 4.69) is 163 Å². The highest BCUT2D eigenvalue weighted by atomic mass is 16.7. The van der Waals surface area contributed by atoms with Gasteiger partial charge in [-0.05, 0) is 145 Å². The second-order valence-electron chi connectivity index (χ2n) is 22.3. The highest BCUT2D eigenvalue weighted by Crippen LogP contribution is 2.56. The SMILES string of the molecule is C=C1OB(c2ccc3c(c2)C(C)(C)c2cc(-c4ccc5c(c4)C(C)(C)c4cc(-c6ccc7c(c6)C(CCCCCCCC)(CCCCCCCC)c6ccccc6-7)ccc4-5)ccc2-3)OC1(C)C. The molecule has 0 spiro atoms. The third-order valence-electron chi connectivity index (χ3n) is 16.8. The van der Waals surface area contributed by atoms with Crippen molar-refractivity contribution in [3.63, 3.8) is 0 Å². The van der Waals surface area contributed by atoms with Gasteiger partial charge in [0.15, 0.2) is 0 Å². The number of benzene rings is 6. The quantitative estimate of drug-likeness (QED) is 0.0671. The summed E-state index contributed by atoms with van der Waals surface area (Å²) in [5.74, 6) is 0.677. The molecule has 10 rings (SSSR count). The van der Waals surface area contributed by atoms with Crippen LogP contribution in [-0.4, -0.2) is 12.7 Å². The minimum Gasteiger partial charge on any atom is -0.534 e. The highest BCUT2D eigenvalue weighted by molar-refractivity contribution is 6.62. The van der Waals surface area contributed by atoms with Crippen molar-refractivity contribution < 1.29 is 9.31 Å². The monoisotopic (exact) mass is 885 g/mol. The van der Waals surface area contributed by atoms with E-state index in [1.807, 2.05) is 13.8 Å². The summed E-state index contributed by atoms with van der Waals surface area (Å²) in [6, 6.07) is 45.4. The van der Waals surface area contributed by atoms with Gasteiger partial charge in [-0.2, -0.15) is 0 Å². The molecular formula is C64H73BO2. The van der Waals surface area contributed by atoms with Crippen LogP contribution in [0, 0.1) is 0 Å². The van der Waals surface area contributed by atoms with Crippen LogP contribution in [0.4, 0.5) is 0 Å². The van der Waals surface area contributed by atoms with Gasteiger partial charge >= 0.3 is 7.12 Å². The van der Waals surface area contributed by atoms with Gasteiger partial charge in [-0.25, -0.2) is 0 Å². The molecule has 4 aliphatic rings. The topological polar surface area (TPSA) is 18.5 Å². The van der Waals surface area contributed by atoms with Crippen LogP contribution in [0.15, 0.2) is 128 Å². The van der Waals surface area contributed by atoms with Gasteiger partial charge in [-0.15, -0.1) is 0 Å². The molecule has 0 aromatic heterocycles. The predicted octanol–water partition coefficient (Wildman–Crippen LogP) is 17.4. The van der Waals surface area contributed by atoms with E-state index in [9.17, 15) is 0 Å². The Morgan fingerprint density at radius 1 is 0.418 bits per heavy atom. The Morgan fingerprint density at radius 2 is 0.806 bits per heavy atom. The standard InChI is InChI=1S/C64H73BO2/c1-10-12-14-16-18-22-36-64(37-23-19-17-15-13-11-2)55-25-21-20-24-49(55)54-34-29-47(41-60(54)64)46-28-32-51-50-31-26-44(38-56(50)61(4,5)57(51)40-46)45-27-33-52-53-35-30-48(65-66-43(3)63(8,9)67-65)42-59(53)62(6,7)58(52)39-45/h20-21,24-35,38-42H,3,10-19,22-23,36-37H2,1-2,4-9H3. The van der Waals surface area contributed by atoms with Gasteiger partial charge < -0.3 is 9.31 Å². The van der Waals surface area contributed by atoms with Crippen molar-refractivity contribution >= 4 is 12.6 Å². The molecule has 1 heterocycles. The zero-order valence-electron chi connectivity index (χ0n) is 42.0. The smallest absolute Gasteiger partial charge is 0.534 e. The summed E-state index contributed by atoms with van der Waals surface area (Å²) in [6.45, 7) is 22.4. The Kier molecular flexibility index (Phi) is 12.1. The van der Waals surface area contributed by atoms with E-state index in [0.717, 1.165) is 5.46 Å². The van der Waals surface area contributed by atoms with E-state index in [1.165, 1.54) is 168 Å². The largest absolute Gasteiger partial charge is 0.563 e. The molecular weight excluding hydrogens is 812 g/mol. The van der Waals surface area contributed by atoms with Gasteiger partial charge in [0.05, 0.1) is 5.76 Å². The summed E-state index contributed by atoms with van der Waals surface area (Å²) in [6.07, 6.45) is 18.5. The molecule has 0 saturated carbocycles. The van der Waals surface area contributed by atoms with Crippen LogP contribution in [0.3, 0.4) is 0 Å². The van der Waals surface area contributed by atoms with Gasteiger partial charge in [0.2, 0.25) is 0 Å². The average molecular weight is 885 g/mol. The van der Waals surface area contributed by atoms with Crippen molar-refractivity contribution in [1.82, 2.24) is 0 Å². The third kappa shape index (κ3) is 7.86. The Bertz CT molecular complexity index is 2840. The van der Waals surface area contributed by atoms with Crippen molar-refractivity contribution in [2.45, 2.75) is 167 Å². The second-order valence-corrected chi connectivity index (χ2v) is 22.3. The molecule has 0 radical (unpaired) electrons. The average Bonchev–Trinajstić information content (AvgIpc) is 3.94. The van der Waals surface area contributed by atoms with Crippen LogP contribution in [0.2, 0.25) is 0 Å². The molecule has 0 atom stereocenters. The van der Waals surface area contributed by atoms with Crippen LogP contribution in [-0.2, 0) is 25.6 Å². The molecule has 3 aliphatic carbocycles. The van der Waals surface area contributed by atoms with Gasteiger partial charge in [-0.1, -0.05) is 216 Å². The predicted molar refractivity (Wildman–Crippen MR) is 285 cm³/mol. The molecule has 0 amide bonds. The Balaban J connectivity index is 0.943. The summed E-state index contributed by atoms with van der Waals surface area (Å²) in [4.78, 5) is 0. The molecule has 344 valence electrons. The van der Waals surface area contributed by atoms with E-state index >= 15 is 0 Å². The normalized spacial score (nSPS) is 17.1. The number of rotatable bonds is 17. The Hall–Kier alpha value is -5.12. The van der Waals surface area contributed by atoms with E-state index in [-0.39, 0.29) is 16.2 Å². The van der Waals surface area contributed by atoms with E-state index in [1.54, 1.807) is 11.1 Å². The summed E-state index contributed by atoms with van der Waals surface area (Å²) < 4.78 is 12.4. The molecule has 6 aromatic carbocycles. The van der Waals surface area contributed by atoms with E-state index in [4.69, 9.17) is 9.31 Å². The van der Waals surface area contributed by atoms with Gasteiger partial charge in [0.1, 0.15) is 5.60 Å². The van der Waals surface area contributed by atoms with Gasteiger partial charge in [0.25, 0.3) is 0 Å². The maximum atomic E-state index is 6.29. The Morgan fingerprint density at radius 3 is 1.27 bits per heavy atom. The number of unbranched alkanes of at least 4 members (excludes halogenated alkanes) is 10. The van der Waals surface area contributed by atoms with Crippen molar-refractivity contribution in [3.8, 4) is 55.6 Å². The van der Waals surface area contributed by atoms with Gasteiger partial charge in [-0.3, -0.25) is 0 Å². The lowest BCUT2D eigenvalue weighted by atomic mass is 9.70. The maximum absolute atomic E-state index is 6.29. The van der Waals surface area contributed by atoms with E-state index in [0.29, 0.717) is 5.76 Å².